The Morgan fingerprint density at radius 1 is 1.04 bits per heavy atom. The van der Waals surface area contributed by atoms with E-state index in [1.54, 1.807) is 11.3 Å². The van der Waals surface area contributed by atoms with Crippen LogP contribution in [0.25, 0.3) is 21.6 Å². The third-order valence-corrected chi connectivity index (χ3v) is 5.84. The van der Waals surface area contributed by atoms with E-state index >= 15 is 0 Å². The number of nitrogens with one attached hydrogen (secondary N) is 1. The second-order valence-electron chi connectivity index (χ2n) is 6.38. The maximum atomic E-state index is 12.7. The summed E-state index contributed by atoms with van der Waals surface area (Å²) in [7, 11) is 0. The first-order valence-corrected chi connectivity index (χ1v) is 9.15. The molecule has 0 bridgehead atoms. The predicted molar refractivity (Wildman–Crippen MR) is 96.3 cm³/mol. The average molecular weight is 324 g/mol. The molecule has 0 aliphatic heterocycles. The molecule has 2 aromatic heterocycles. The van der Waals surface area contributed by atoms with Crippen LogP contribution in [-0.2, 0) is 12.8 Å². The van der Waals surface area contributed by atoms with Crippen LogP contribution < -0.4 is 5.56 Å². The molecule has 0 spiro atoms. The molecule has 3 aromatic rings. The molecule has 3 nitrogen and oxygen atoms in total. The molecule has 4 rings (SSSR count). The standard InChI is InChI=1S/C19H20N2OS/c1-12-8-10-13(11-9-12)17-20-18(22)16-14-6-4-2-3-5-7-15(14)23-19(16)21-17/h8-11H,2-7H2,1H3,(H,20,21,22). The van der Waals surface area contributed by atoms with Crippen LogP contribution in [0.4, 0.5) is 0 Å². The highest BCUT2D eigenvalue weighted by Crippen LogP contribution is 2.33. The number of benzene rings is 1. The normalized spacial score (nSPS) is 15.2. The van der Waals surface area contributed by atoms with E-state index < -0.39 is 0 Å². The number of H-pyrrole nitrogens is 1. The van der Waals surface area contributed by atoms with Crippen LogP contribution in [0.15, 0.2) is 29.1 Å². The summed E-state index contributed by atoms with van der Waals surface area (Å²) >= 11 is 1.72. The number of aromatic nitrogens is 2. The molecule has 1 aliphatic rings. The number of fused-ring (bicyclic) bond motifs is 3. The molecule has 4 heteroatoms. The predicted octanol–water partition coefficient (Wildman–Crippen LogP) is 4.62. The van der Waals surface area contributed by atoms with Gasteiger partial charge in [0.15, 0.2) is 0 Å². The van der Waals surface area contributed by atoms with E-state index in [2.05, 4.69) is 11.9 Å². The lowest BCUT2D eigenvalue weighted by Crippen LogP contribution is -2.10. The van der Waals surface area contributed by atoms with Crippen molar-refractivity contribution in [2.45, 2.75) is 45.4 Å². The molecule has 118 valence electrons. The monoisotopic (exact) mass is 324 g/mol. The van der Waals surface area contributed by atoms with E-state index in [4.69, 9.17) is 4.98 Å². The van der Waals surface area contributed by atoms with E-state index in [1.165, 1.54) is 41.7 Å². The van der Waals surface area contributed by atoms with Gasteiger partial charge in [-0.2, -0.15) is 0 Å². The number of aryl methyl sites for hydroxylation is 3. The minimum absolute atomic E-state index is 0.0173. The Morgan fingerprint density at radius 3 is 2.57 bits per heavy atom. The fraction of sp³-hybridized carbons (Fsp3) is 0.368. The van der Waals surface area contributed by atoms with Gasteiger partial charge < -0.3 is 4.98 Å². The highest BCUT2D eigenvalue weighted by molar-refractivity contribution is 7.18. The van der Waals surface area contributed by atoms with Crippen molar-refractivity contribution in [3.05, 3.63) is 50.6 Å². The van der Waals surface area contributed by atoms with Crippen molar-refractivity contribution in [1.82, 2.24) is 9.97 Å². The van der Waals surface area contributed by atoms with Gasteiger partial charge in [-0.1, -0.05) is 42.7 Å². The summed E-state index contributed by atoms with van der Waals surface area (Å²) in [6.45, 7) is 2.06. The van der Waals surface area contributed by atoms with Crippen molar-refractivity contribution in [2.24, 2.45) is 0 Å². The molecule has 23 heavy (non-hydrogen) atoms. The summed E-state index contributed by atoms with van der Waals surface area (Å²) < 4.78 is 0. The second-order valence-corrected chi connectivity index (χ2v) is 7.46. The van der Waals surface area contributed by atoms with Gasteiger partial charge in [0.2, 0.25) is 0 Å². The van der Waals surface area contributed by atoms with Gasteiger partial charge in [0.1, 0.15) is 10.7 Å². The summed E-state index contributed by atoms with van der Waals surface area (Å²) in [5.74, 6) is 0.678. The minimum Gasteiger partial charge on any atom is -0.306 e. The summed E-state index contributed by atoms with van der Waals surface area (Å²) in [6.07, 6.45) is 7.08. The lowest BCUT2D eigenvalue weighted by atomic mass is 9.98. The Labute approximate surface area is 139 Å². The largest absolute Gasteiger partial charge is 0.306 e. The maximum absolute atomic E-state index is 12.7. The molecule has 0 unspecified atom stereocenters. The maximum Gasteiger partial charge on any atom is 0.260 e. The molecule has 2 heterocycles. The van der Waals surface area contributed by atoms with E-state index in [0.717, 1.165) is 28.6 Å². The van der Waals surface area contributed by atoms with Crippen LogP contribution >= 0.6 is 11.3 Å². The molecule has 0 saturated carbocycles. The number of aromatic amines is 1. The Morgan fingerprint density at radius 2 is 1.78 bits per heavy atom. The van der Waals surface area contributed by atoms with Gasteiger partial charge in [-0.25, -0.2) is 4.98 Å². The molecule has 1 N–H and O–H groups in total. The summed E-state index contributed by atoms with van der Waals surface area (Å²) in [6, 6.07) is 8.13. The molecule has 0 fully saturated rings. The fourth-order valence-corrected chi connectivity index (χ4v) is 4.63. The number of rotatable bonds is 1. The minimum atomic E-state index is 0.0173. The zero-order chi connectivity index (χ0) is 15.8. The number of thiophene rings is 1. The molecule has 0 saturated heterocycles. The smallest absolute Gasteiger partial charge is 0.260 e. The Hall–Kier alpha value is -1.94. The summed E-state index contributed by atoms with van der Waals surface area (Å²) in [4.78, 5) is 22.7. The number of hydrogen-bond donors (Lipinski definition) is 1. The quantitative estimate of drug-likeness (QED) is 0.710. The number of nitrogens with zero attached hydrogens (tertiary/aromatic N) is 1. The molecule has 0 amide bonds. The van der Waals surface area contributed by atoms with Crippen LogP contribution in [0.2, 0.25) is 0 Å². The first-order chi connectivity index (χ1) is 11.2. The molecular formula is C19H20N2OS. The van der Waals surface area contributed by atoms with Crippen molar-refractivity contribution in [1.29, 1.82) is 0 Å². The molecule has 1 aromatic carbocycles. The van der Waals surface area contributed by atoms with Crippen molar-refractivity contribution in [3.8, 4) is 11.4 Å². The van der Waals surface area contributed by atoms with Gasteiger partial charge in [0.05, 0.1) is 5.39 Å². The van der Waals surface area contributed by atoms with Gasteiger partial charge in [0, 0.05) is 10.4 Å². The second kappa shape index (κ2) is 5.93. The zero-order valence-electron chi connectivity index (χ0n) is 13.3. The highest BCUT2D eigenvalue weighted by atomic mass is 32.1. The summed E-state index contributed by atoms with van der Waals surface area (Å²) in [5, 5.41) is 0.836. The van der Waals surface area contributed by atoms with Gasteiger partial charge in [0.25, 0.3) is 5.56 Å². The van der Waals surface area contributed by atoms with Crippen LogP contribution in [0.3, 0.4) is 0 Å². The Balaban J connectivity index is 1.88. The summed E-state index contributed by atoms with van der Waals surface area (Å²) in [5.41, 5.74) is 3.45. The van der Waals surface area contributed by atoms with Gasteiger partial charge >= 0.3 is 0 Å². The van der Waals surface area contributed by atoms with Gasteiger partial charge in [-0.05, 0) is 38.2 Å². The molecule has 0 atom stereocenters. The van der Waals surface area contributed by atoms with Crippen molar-refractivity contribution >= 4 is 21.6 Å². The van der Waals surface area contributed by atoms with E-state index in [1.807, 2.05) is 24.3 Å². The Kier molecular flexibility index (Phi) is 3.77. The fourth-order valence-electron chi connectivity index (χ4n) is 3.37. The molecular weight excluding hydrogens is 304 g/mol. The number of hydrogen-bond acceptors (Lipinski definition) is 3. The lowest BCUT2D eigenvalue weighted by Gasteiger charge is -2.08. The van der Waals surface area contributed by atoms with Crippen LogP contribution in [0.5, 0.6) is 0 Å². The van der Waals surface area contributed by atoms with E-state index in [9.17, 15) is 4.79 Å². The zero-order valence-corrected chi connectivity index (χ0v) is 14.1. The van der Waals surface area contributed by atoms with E-state index in [0.29, 0.717) is 5.82 Å². The Bertz CT molecular complexity index is 906. The SMILES string of the molecule is Cc1ccc(-c2nc3sc4c(c3c(=O)[nH]2)CCCCCC4)cc1. The van der Waals surface area contributed by atoms with Crippen molar-refractivity contribution in [2.75, 3.05) is 0 Å². The first-order valence-electron chi connectivity index (χ1n) is 8.34. The van der Waals surface area contributed by atoms with Crippen molar-refractivity contribution < 1.29 is 0 Å². The van der Waals surface area contributed by atoms with Crippen LogP contribution in [-0.4, -0.2) is 9.97 Å². The topological polar surface area (TPSA) is 45.8 Å². The highest BCUT2D eigenvalue weighted by Gasteiger charge is 2.18. The molecule has 0 radical (unpaired) electrons. The first kappa shape index (κ1) is 14.6. The van der Waals surface area contributed by atoms with Gasteiger partial charge in [-0.15, -0.1) is 11.3 Å². The van der Waals surface area contributed by atoms with Crippen LogP contribution in [0.1, 0.15) is 41.7 Å². The molecule has 1 aliphatic carbocycles. The van der Waals surface area contributed by atoms with E-state index in [-0.39, 0.29) is 5.56 Å². The third kappa shape index (κ3) is 2.72. The van der Waals surface area contributed by atoms with Crippen LogP contribution in [0, 0.1) is 6.92 Å². The van der Waals surface area contributed by atoms with Crippen molar-refractivity contribution in [3.63, 3.8) is 0 Å². The average Bonchev–Trinajstić information content (AvgIpc) is 2.85. The third-order valence-electron chi connectivity index (χ3n) is 4.65. The van der Waals surface area contributed by atoms with Gasteiger partial charge in [-0.3, -0.25) is 4.79 Å². The lowest BCUT2D eigenvalue weighted by molar-refractivity contribution is 0.623.